The summed E-state index contributed by atoms with van der Waals surface area (Å²) in [5, 5.41) is 26.6. The first-order chi connectivity index (χ1) is 13.9. The number of nitro groups is 1. The van der Waals surface area contributed by atoms with Gasteiger partial charge in [-0.3, -0.25) is 14.9 Å². The number of aromatic hydroxyl groups is 1. The van der Waals surface area contributed by atoms with E-state index in [4.69, 9.17) is 9.47 Å². The lowest BCUT2D eigenvalue weighted by molar-refractivity contribution is -0.385. The molecule has 1 atom stereocenters. The molecule has 3 rings (SSSR count). The molecule has 29 heavy (non-hydrogen) atoms. The van der Waals surface area contributed by atoms with E-state index < -0.39 is 16.9 Å². The van der Waals surface area contributed by atoms with Gasteiger partial charge in [0.1, 0.15) is 5.75 Å². The molecule has 0 aliphatic rings. The lowest BCUT2D eigenvalue weighted by atomic mass is 9.91. The predicted octanol–water partition coefficient (Wildman–Crippen LogP) is 3.70. The molecule has 150 valence electrons. The molecule has 0 spiro atoms. The molecule has 1 unspecified atom stereocenters. The average Bonchev–Trinajstić information content (AvgIpc) is 2.71. The van der Waals surface area contributed by atoms with Crippen LogP contribution >= 0.6 is 0 Å². The van der Waals surface area contributed by atoms with Gasteiger partial charge in [-0.25, -0.2) is 0 Å². The zero-order chi connectivity index (χ0) is 21.1. The standard InChI is InChI=1S/C21H20N2O6/c1-12(24)22-21(20-14-7-5-4-6-13(14)8-9-17(20)25)15-10-18(28-2)19(29-3)11-16(15)23(26)27/h4-11,21,25H,1-3H3,(H,22,24). The lowest BCUT2D eigenvalue weighted by Crippen LogP contribution is -2.28. The predicted molar refractivity (Wildman–Crippen MR) is 107 cm³/mol. The minimum atomic E-state index is -0.987. The second-order valence-electron chi connectivity index (χ2n) is 6.38. The highest BCUT2D eigenvalue weighted by atomic mass is 16.6. The van der Waals surface area contributed by atoms with Gasteiger partial charge in [0.05, 0.1) is 36.8 Å². The van der Waals surface area contributed by atoms with E-state index in [1.165, 1.54) is 39.3 Å². The summed E-state index contributed by atoms with van der Waals surface area (Å²) in [4.78, 5) is 23.2. The van der Waals surface area contributed by atoms with Crippen molar-refractivity contribution in [3.8, 4) is 17.2 Å². The fourth-order valence-corrected chi connectivity index (χ4v) is 3.37. The summed E-state index contributed by atoms with van der Waals surface area (Å²) in [7, 11) is 2.79. The van der Waals surface area contributed by atoms with Crippen molar-refractivity contribution in [3.63, 3.8) is 0 Å². The number of ether oxygens (including phenoxy) is 2. The average molecular weight is 396 g/mol. The first-order valence-electron chi connectivity index (χ1n) is 8.75. The number of nitrogens with zero attached hydrogens (tertiary/aromatic N) is 1. The van der Waals surface area contributed by atoms with Crippen LogP contribution in [-0.4, -0.2) is 30.2 Å². The van der Waals surface area contributed by atoms with Crippen molar-refractivity contribution in [3.05, 3.63) is 69.8 Å². The highest BCUT2D eigenvalue weighted by Gasteiger charge is 2.30. The van der Waals surface area contributed by atoms with Crippen LogP contribution in [0.5, 0.6) is 17.2 Å². The Kier molecular flexibility index (Phi) is 5.54. The van der Waals surface area contributed by atoms with Gasteiger partial charge in [-0.2, -0.15) is 0 Å². The molecule has 0 aliphatic carbocycles. The van der Waals surface area contributed by atoms with Gasteiger partial charge >= 0.3 is 0 Å². The number of carbonyl (C=O) groups is 1. The van der Waals surface area contributed by atoms with Gasteiger partial charge in [0, 0.05) is 12.5 Å². The Morgan fingerprint density at radius 2 is 1.76 bits per heavy atom. The van der Waals surface area contributed by atoms with Crippen molar-refractivity contribution in [2.24, 2.45) is 0 Å². The highest BCUT2D eigenvalue weighted by molar-refractivity contribution is 5.89. The van der Waals surface area contributed by atoms with Gasteiger partial charge in [-0.1, -0.05) is 30.3 Å². The molecule has 0 aliphatic heterocycles. The number of fused-ring (bicyclic) bond motifs is 1. The molecule has 3 aromatic rings. The summed E-state index contributed by atoms with van der Waals surface area (Å²) in [6.07, 6.45) is 0. The second kappa shape index (κ2) is 8.05. The summed E-state index contributed by atoms with van der Waals surface area (Å²) in [5.74, 6) is -0.0483. The van der Waals surface area contributed by atoms with E-state index in [-0.39, 0.29) is 28.5 Å². The Morgan fingerprint density at radius 3 is 2.38 bits per heavy atom. The van der Waals surface area contributed by atoms with E-state index in [0.717, 1.165) is 5.39 Å². The molecule has 0 radical (unpaired) electrons. The SMILES string of the molecule is COc1cc(C(NC(C)=O)c2c(O)ccc3ccccc23)c([N+](=O)[O-])cc1OC. The third-order valence-corrected chi connectivity index (χ3v) is 4.62. The molecular formula is C21H20N2O6. The van der Waals surface area contributed by atoms with E-state index >= 15 is 0 Å². The van der Waals surface area contributed by atoms with Crippen LogP contribution in [0, 0.1) is 10.1 Å². The molecule has 0 fully saturated rings. The Morgan fingerprint density at radius 1 is 1.10 bits per heavy atom. The van der Waals surface area contributed by atoms with Gasteiger partial charge in [-0.05, 0) is 22.9 Å². The van der Waals surface area contributed by atoms with Crippen molar-refractivity contribution >= 4 is 22.4 Å². The number of amides is 1. The third kappa shape index (κ3) is 3.77. The minimum Gasteiger partial charge on any atom is -0.508 e. The molecular weight excluding hydrogens is 376 g/mol. The Hall–Kier alpha value is -3.81. The van der Waals surface area contributed by atoms with Crippen molar-refractivity contribution < 1.29 is 24.3 Å². The van der Waals surface area contributed by atoms with Crippen LogP contribution < -0.4 is 14.8 Å². The van der Waals surface area contributed by atoms with Crippen LogP contribution in [-0.2, 0) is 4.79 Å². The summed E-state index contributed by atoms with van der Waals surface area (Å²) < 4.78 is 10.5. The summed E-state index contributed by atoms with van der Waals surface area (Å²) in [6.45, 7) is 1.31. The normalized spacial score (nSPS) is 11.7. The molecule has 0 bridgehead atoms. The summed E-state index contributed by atoms with van der Waals surface area (Å²) in [6, 6.07) is 12.2. The largest absolute Gasteiger partial charge is 0.508 e. The molecule has 0 heterocycles. The molecule has 0 saturated carbocycles. The second-order valence-corrected chi connectivity index (χ2v) is 6.38. The number of hydrogen-bond acceptors (Lipinski definition) is 6. The quantitative estimate of drug-likeness (QED) is 0.485. The van der Waals surface area contributed by atoms with E-state index in [2.05, 4.69) is 5.32 Å². The molecule has 3 aromatic carbocycles. The first-order valence-corrected chi connectivity index (χ1v) is 8.75. The third-order valence-electron chi connectivity index (χ3n) is 4.62. The number of phenolic OH excluding ortho intramolecular Hbond substituents is 1. The maximum Gasteiger partial charge on any atom is 0.279 e. The Balaban J connectivity index is 2.36. The van der Waals surface area contributed by atoms with E-state index in [1.807, 2.05) is 12.1 Å². The summed E-state index contributed by atoms with van der Waals surface area (Å²) >= 11 is 0. The van der Waals surface area contributed by atoms with Gasteiger partial charge < -0.3 is 19.9 Å². The molecule has 8 nitrogen and oxygen atoms in total. The molecule has 0 saturated heterocycles. The van der Waals surface area contributed by atoms with Crippen LogP contribution in [0.4, 0.5) is 5.69 Å². The zero-order valence-electron chi connectivity index (χ0n) is 16.1. The Labute approximate surface area is 166 Å². The van der Waals surface area contributed by atoms with Crippen LogP contribution in [0.25, 0.3) is 10.8 Å². The van der Waals surface area contributed by atoms with Crippen LogP contribution in [0.1, 0.15) is 24.1 Å². The number of benzene rings is 3. The number of nitrogens with one attached hydrogen (secondary N) is 1. The molecule has 1 amide bonds. The van der Waals surface area contributed by atoms with Crippen molar-refractivity contribution in [1.29, 1.82) is 0 Å². The van der Waals surface area contributed by atoms with E-state index in [0.29, 0.717) is 10.9 Å². The topological polar surface area (TPSA) is 111 Å². The lowest BCUT2D eigenvalue weighted by Gasteiger charge is -2.23. The molecule has 0 aromatic heterocycles. The van der Waals surface area contributed by atoms with Crippen molar-refractivity contribution in [2.75, 3.05) is 14.2 Å². The monoisotopic (exact) mass is 396 g/mol. The first kappa shape index (κ1) is 19.9. The smallest absolute Gasteiger partial charge is 0.279 e. The fraction of sp³-hybridized carbons (Fsp3) is 0.190. The zero-order valence-corrected chi connectivity index (χ0v) is 16.1. The summed E-state index contributed by atoms with van der Waals surface area (Å²) in [5.41, 5.74) is 0.247. The number of phenols is 1. The number of rotatable bonds is 6. The number of carbonyl (C=O) groups excluding carboxylic acids is 1. The van der Waals surface area contributed by atoms with Crippen LogP contribution in [0.2, 0.25) is 0 Å². The fourth-order valence-electron chi connectivity index (χ4n) is 3.37. The van der Waals surface area contributed by atoms with Gasteiger partial charge in [0.15, 0.2) is 11.5 Å². The van der Waals surface area contributed by atoms with E-state index in [9.17, 15) is 20.0 Å². The van der Waals surface area contributed by atoms with Crippen LogP contribution in [0.15, 0.2) is 48.5 Å². The number of hydrogen-bond donors (Lipinski definition) is 2. The van der Waals surface area contributed by atoms with Gasteiger partial charge in [0.25, 0.3) is 5.69 Å². The molecule has 8 heteroatoms. The number of nitro benzene ring substituents is 1. The van der Waals surface area contributed by atoms with Crippen molar-refractivity contribution in [2.45, 2.75) is 13.0 Å². The van der Waals surface area contributed by atoms with Crippen LogP contribution in [0.3, 0.4) is 0 Å². The minimum absolute atomic E-state index is 0.0912. The van der Waals surface area contributed by atoms with Gasteiger partial charge in [0.2, 0.25) is 5.91 Å². The Bertz CT molecular complexity index is 1100. The number of methoxy groups -OCH3 is 2. The maximum atomic E-state index is 12.0. The highest BCUT2D eigenvalue weighted by Crippen LogP contribution is 2.43. The molecule has 2 N–H and O–H groups in total. The van der Waals surface area contributed by atoms with Crippen molar-refractivity contribution in [1.82, 2.24) is 5.32 Å². The maximum absolute atomic E-state index is 12.0. The van der Waals surface area contributed by atoms with Gasteiger partial charge in [-0.15, -0.1) is 0 Å². The van der Waals surface area contributed by atoms with E-state index in [1.54, 1.807) is 18.2 Å².